The fraction of sp³-hybridized carbons (Fsp3) is 0.833. The second-order valence-electron chi connectivity index (χ2n) is 3.37. The van der Waals surface area contributed by atoms with E-state index in [1.807, 2.05) is 0 Å². The maximum atomic E-state index is 9.72. The van der Waals surface area contributed by atoms with Gasteiger partial charge >= 0.3 is 11.9 Å². The molecule has 7 heteroatoms. The Hall–Kier alpha value is -1.18. The van der Waals surface area contributed by atoms with Crippen LogP contribution >= 0.6 is 0 Å². The highest BCUT2D eigenvalue weighted by atomic mass is 16.4. The molecule has 0 amide bonds. The van der Waals surface area contributed by atoms with Crippen LogP contribution in [0.4, 0.5) is 0 Å². The van der Waals surface area contributed by atoms with Crippen LogP contribution in [0.1, 0.15) is 34.1 Å². The Kier molecular flexibility index (Phi) is 23.2. The molecule has 5 N–H and O–H groups in total. The lowest BCUT2D eigenvalue weighted by Crippen LogP contribution is -2.22. The van der Waals surface area contributed by atoms with E-state index in [4.69, 9.17) is 15.3 Å². The van der Waals surface area contributed by atoms with Crippen molar-refractivity contribution in [1.29, 1.82) is 0 Å². The number of carboxylic acids is 2. The molecule has 1 unspecified atom stereocenters. The van der Waals surface area contributed by atoms with Gasteiger partial charge in [0, 0.05) is 0 Å². The third-order valence-corrected chi connectivity index (χ3v) is 1.65. The summed E-state index contributed by atoms with van der Waals surface area (Å²) in [6.45, 7) is 12.8. The van der Waals surface area contributed by atoms with Crippen molar-refractivity contribution in [3.05, 3.63) is 0 Å². The van der Waals surface area contributed by atoms with Gasteiger partial charge in [0.25, 0.3) is 0 Å². The van der Waals surface area contributed by atoms with Gasteiger partial charge < -0.3 is 26.0 Å². The molecule has 0 aliphatic heterocycles. The maximum absolute atomic E-state index is 9.72. The molecular weight excluding hydrogens is 252 g/mol. The van der Waals surface area contributed by atoms with E-state index in [9.17, 15) is 9.59 Å². The number of rotatable bonds is 7. The van der Waals surface area contributed by atoms with Gasteiger partial charge in [-0.1, -0.05) is 27.7 Å². The van der Waals surface area contributed by atoms with Crippen molar-refractivity contribution in [3.8, 4) is 0 Å². The summed E-state index contributed by atoms with van der Waals surface area (Å²) in [6, 6.07) is 0. The zero-order chi connectivity index (χ0) is 15.7. The van der Waals surface area contributed by atoms with Gasteiger partial charge in [-0.2, -0.15) is 0 Å². The molecule has 116 valence electrons. The monoisotopic (exact) mass is 280 g/mol. The molecule has 0 saturated carbocycles. The van der Waals surface area contributed by atoms with Crippen LogP contribution in [0.3, 0.4) is 0 Å². The average molecular weight is 280 g/mol. The lowest BCUT2D eigenvalue weighted by atomic mass is 10.3. The second-order valence-corrected chi connectivity index (χ2v) is 3.37. The van der Waals surface area contributed by atoms with Gasteiger partial charge in [0.2, 0.25) is 0 Å². The number of aliphatic carboxylic acids is 2. The molecule has 0 rings (SSSR count). The molecule has 0 radical (unpaired) electrons. The highest BCUT2D eigenvalue weighted by Crippen LogP contribution is 1.89. The van der Waals surface area contributed by atoms with Crippen molar-refractivity contribution < 1.29 is 24.9 Å². The molecule has 0 fully saturated rings. The van der Waals surface area contributed by atoms with E-state index in [-0.39, 0.29) is 0 Å². The van der Waals surface area contributed by atoms with Crippen molar-refractivity contribution >= 4 is 11.9 Å². The van der Waals surface area contributed by atoms with E-state index >= 15 is 0 Å². The highest BCUT2D eigenvalue weighted by molar-refractivity contribution is 5.79. The molecule has 0 aromatic carbocycles. The zero-order valence-electron chi connectivity index (χ0n) is 12.3. The van der Waals surface area contributed by atoms with E-state index in [2.05, 4.69) is 38.3 Å². The summed E-state index contributed by atoms with van der Waals surface area (Å²) in [5, 5.41) is 30.4. The van der Waals surface area contributed by atoms with Gasteiger partial charge in [0.05, 0.1) is 6.42 Å². The second kappa shape index (κ2) is 19.2. The largest absolute Gasteiger partial charge is 0.481 e. The van der Waals surface area contributed by atoms with E-state index < -0.39 is 24.5 Å². The van der Waals surface area contributed by atoms with Crippen molar-refractivity contribution in [2.24, 2.45) is 0 Å². The number of carbonyl (C=O) groups is 2. The first kappa shape index (κ1) is 23.0. The van der Waals surface area contributed by atoms with Gasteiger partial charge in [-0.3, -0.25) is 4.79 Å². The Labute approximate surface area is 115 Å². The summed E-state index contributed by atoms with van der Waals surface area (Å²) >= 11 is 0. The minimum Gasteiger partial charge on any atom is -0.481 e. The molecule has 0 spiro atoms. The molecule has 7 nitrogen and oxygen atoms in total. The SMILES string of the molecule is CCNCC.CCNCC.O=C(O)CC(O)C(=O)O. The first-order valence-corrected chi connectivity index (χ1v) is 6.41. The number of aliphatic hydroxyl groups excluding tert-OH is 1. The van der Waals surface area contributed by atoms with Crippen LogP contribution in [0.15, 0.2) is 0 Å². The standard InChI is InChI=1S/2C4H11N.C4H6O5/c2*1-3-5-4-2;5-2(4(8)9)1-3(6)7/h2*5H,3-4H2,1-2H3;2,5H,1H2,(H,6,7)(H,8,9). The van der Waals surface area contributed by atoms with Gasteiger partial charge in [-0.15, -0.1) is 0 Å². The molecule has 0 heterocycles. The van der Waals surface area contributed by atoms with Crippen molar-refractivity contribution in [2.75, 3.05) is 26.2 Å². The summed E-state index contributed by atoms with van der Waals surface area (Å²) in [6.07, 6.45) is -2.54. The predicted octanol–water partition coefficient (Wildman–Crippen LogP) is 0.138. The van der Waals surface area contributed by atoms with E-state index in [0.29, 0.717) is 0 Å². The number of hydrogen-bond donors (Lipinski definition) is 5. The molecule has 1 atom stereocenters. The zero-order valence-corrected chi connectivity index (χ0v) is 12.3. The van der Waals surface area contributed by atoms with E-state index in [0.717, 1.165) is 26.2 Å². The quantitative estimate of drug-likeness (QED) is 0.450. The minimum atomic E-state index is -1.79. The van der Waals surface area contributed by atoms with E-state index in [1.54, 1.807) is 0 Å². The molecule has 19 heavy (non-hydrogen) atoms. The summed E-state index contributed by atoms with van der Waals surface area (Å²) in [5.41, 5.74) is 0. The van der Waals surface area contributed by atoms with Gasteiger partial charge in [0.15, 0.2) is 6.10 Å². The molecule has 0 bridgehead atoms. The number of aliphatic hydroxyl groups is 1. The van der Waals surface area contributed by atoms with Gasteiger partial charge in [-0.05, 0) is 26.2 Å². The van der Waals surface area contributed by atoms with Crippen molar-refractivity contribution in [3.63, 3.8) is 0 Å². The molecular formula is C12H28N2O5. The molecule has 0 saturated heterocycles. The van der Waals surface area contributed by atoms with Crippen LogP contribution < -0.4 is 10.6 Å². The van der Waals surface area contributed by atoms with Crippen LogP contribution in [0, 0.1) is 0 Å². The normalized spacial score (nSPS) is 10.4. The van der Waals surface area contributed by atoms with Gasteiger partial charge in [0.1, 0.15) is 0 Å². The Balaban J connectivity index is -0.000000219. The van der Waals surface area contributed by atoms with Crippen LogP contribution in [-0.2, 0) is 9.59 Å². The molecule has 0 aromatic rings. The predicted molar refractivity (Wildman–Crippen MR) is 74.3 cm³/mol. The summed E-state index contributed by atoms with van der Waals surface area (Å²) < 4.78 is 0. The van der Waals surface area contributed by atoms with Crippen molar-refractivity contribution in [2.45, 2.75) is 40.2 Å². The van der Waals surface area contributed by atoms with Gasteiger partial charge in [-0.25, -0.2) is 4.79 Å². The number of carboxylic acid groups (broad SMARTS) is 2. The Morgan fingerprint density at radius 3 is 1.26 bits per heavy atom. The minimum absolute atomic E-state index is 0.755. The van der Waals surface area contributed by atoms with Crippen LogP contribution in [0.5, 0.6) is 0 Å². The molecule has 0 aliphatic carbocycles. The topological polar surface area (TPSA) is 119 Å². The fourth-order valence-corrected chi connectivity index (χ4v) is 0.753. The summed E-state index contributed by atoms with van der Waals surface area (Å²) in [7, 11) is 0. The van der Waals surface area contributed by atoms with E-state index in [1.165, 1.54) is 0 Å². The van der Waals surface area contributed by atoms with Crippen molar-refractivity contribution in [1.82, 2.24) is 10.6 Å². The first-order valence-electron chi connectivity index (χ1n) is 6.41. The lowest BCUT2D eigenvalue weighted by molar-refractivity contribution is -0.152. The number of nitrogens with one attached hydrogen (secondary N) is 2. The average Bonchev–Trinajstić information content (AvgIpc) is 2.31. The Morgan fingerprint density at radius 2 is 1.21 bits per heavy atom. The summed E-state index contributed by atoms with van der Waals surface area (Å²) in [5.74, 6) is -2.85. The fourth-order valence-electron chi connectivity index (χ4n) is 0.753. The lowest BCUT2D eigenvalue weighted by Gasteiger charge is -1.97. The maximum Gasteiger partial charge on any atom is 0.333 e. The molecule has 0 aliphatic rings. The summed E-state index contributed by atoms with van der Waals surface area (Å²) in [4.78, 5) is 19.4. The Bertz CT molecular complexity index is 202. The number of hydrogen-bond acceptors (Lipinski definition) is 5. The first-order chi connectivity index (χ1) is 8.87. The third-order valence-electron chi connectivity index (χ3n) is 1.65. The Morgan fingerprint density at radius 1 is 0.895 bits per heavy atom. The van der Waals surface area contributed by atoms with Crippen LogP contribution in [0.2, 0.25) is 0 Å². The smallest absolute Gasteiger partial charge is 0.333 e. The third kappa shape index (κ3) is 31.6. The highest BCUT2D eigenvalue weighted by Gasteiger charge is 2.16. The van der Waals surface area contributed by atoms with Crippen LogP contribution in [-0.4, -0.2) is 59.5 Å². The molecule has 0 aromatic heterocycles. The van der Waals surface area contributed by atoms with Crippen LogP contribution in [0.25, 0.3) is 0 Å².